The molecule has 29 heavy (non-hydrogen) atoms. The molecule has 0 aliphatic rings. The van der Waals surface area contributed by atoms with E-state index in [9.17, 15) is 4.91 Å². The number of rotatable bonds is 7. The lowest BCUT2D eigenvalue weighted by molar-refractivity contribution is -0.736. The molecule has 1 heterocycles. The molecular weight excluding hydrogens is 366 g/mol. The standard InChI is InChI=1S/C23H24N3O3/c1-25(2)14-15-29-23-19(17-9-5-7-11-21(17)26(27)28-3)13-12-18-16-8-4-6-10-20(16)24-22(18)23/h4-13,24H,14-15H2,1-3H3/q+1. The molecule has 0 aliphatic carbocycles. The van der Waals surface area contributed by atoms with E-state index in [4.69, 9.17) is 9.57 Å². The first kappa shape index (κ1) is 19.0. The first-order valence-corrected chi connectivity index (χ1v) is 9.52. The molecular formula is C23H24N3O3+. The van der Waals surface area contributed by atoms with Crippen LogP contribution in [0.1, 0.15) is 0 Å². The third-order valence-corrected chi connectivity index (χ3v) is 4.98. The van der Waals surface area contributed by atoms with Gasteiger partial charge in [0.05, 0.1) is 16.0 Å². The molecule has 3 aromatic carbocycles. The van der Waals surface area contributed by atoms with E-state index in [-0.39, 0.29) is 0 Å². The summed E-state index contributed by atoms with van der Waals surface area (Å²) in [7, 11) is 5.38. The van der Waals surface area contributed by atoms with Gasteiger partial charge in [0.25, 0.3) is 4.92 Å². The zero-order valence-corrected chi connectivity index (χ0v) is 16.8. The summed E-state index contributed by atoms with van der Waals surface area (Å²) in [5.41, 5.74) is 4.00. The predicted octanol–water partition coefficient (Wildman–Crippen LogP) is 4.90. The van der Waals surface area contributed by atoms with Gasteiger partial charge < -0.3 is 14.6 Å². The number of nitrogens with one attached hydrogen (secondary N) is 1. The van der Waals surface area contributed by atoms with E-state index in [1.54, 1.807) is 6.07 Å². The Morgan fingerprint density at radius 2 is 1.69 bits per heavy atom. The normalized spacial score (nSPS) is 11.3. The lowest BCUT2D eigenvalue weighted by Gasteiger charge is -2.15. The van der Waals surface area contributed by atoms with Crippen LogP contribution in [0.15, 0.2) is 60.7 Å². The SMILES string of the molecule is CO[N+](=O)c1ccccc1-c1ccc2c([nH]c3ccccc32)c1OCCN(C)C. The number of aromatic nitrogens is 1. The Kier molecular flexibility index (Phi) is 5.18. The molecule has 0 saturated heterocycles. The van der Waals surface area contributed by atoms with Crippen molar-refractivity contribution in [3.63, 3.8) is 0 Å². The fourth-order valence-electron chi connectivity index (χ4n) is 3.54. The topological polar surface area (TPSA) is 57.6 Å². The van der Waals surface area contributed by atoms with Gasteiger partial charge in [0.15, 0.2) is 12.9 Å². The van der Waals surface area contributed by atoms with E-state index in [0.29, 0.717) is 17.2 Å². The molecule has 0 fully saturated rings. The summed E-state index contributed by atoms with van der Waals surface area (Å²) in [6.07, 6.45) is 0. The maximum Gasteiger partial charge on any atom is 0.324 e. The minimum Gasteiger partial charge on any atom is -0.489 e. The zero-order valence-electron chi connectivity index (χ0n) is 16.8. The third-order valence-electron chi connectivity index (χ3n) is 4.98. The highest BCUT2D eigenvalue weighted by molar-refractivity contribution is 6.11. The highest BCUT2D eigenvalue weighted by Crippen LogP contribution is 2.42. The first-order valence-electron chi connectivity index (χ1n) is 9.52. The first-order chi connectivity index (χ1) is 14.1. The van der Waals surface area contributed by atoms with Gasteiger partial charge in [0, 0.05) is 34.5 Å². The second kappa shape index (κ2) is 7.93. The van der Waals surface area contributed by atoms with Crippen LogP contribution in [0.25, 0.3) is 32.9 Å². The molecule has 0 bridgehead atoms. The van der Waals surface area contributed by atoms with Crippen LogP contribution in [0.5, 0.6) is 5.75 Å². The Balaban J connectivity index is 1.94. The Labute approximate surface area is 169 Å². The van der Waals surface area contributed by atoms with E-state index >= 15 is 0 Å². The average molecular weight is 390 g/mol. The molecule has 6 nitrogen and oxygen atoms in total. The molecule has 0 saturated carbocycles. The van der Waals surface area contributed by atoms with Crippen molar-refractivity contribution in [1.82, 2.24) is 9.88 Å². The van der Waals surface area contributed by atoms with Gasteiger partial charge in [-0.25, -0.2) is 4.84 Å². The van der Waals surface area contributed by atoms with Crippen LogP contribution in [0, 0.1) is 4.91 Å². The summed E-state index contributed by atoms with van der Waals surface area (Å²) in [6, 6.07) is 19.6. The molecule has 0 aliphatic heterocycles. The molecule has 0 atom stereocenters. The summed E-state index contributed by atoms with van der Waals surface area (Å²) in [5.74, 6) is 0.734. The fourth-order valence-corrected chi connectivity index (χ4v) is 3.54. The number of likely N-dealkylation sites (N-methyl/N-ethyl adjacent to an activating group) is 1. The lowest BCUT2D eigenvalue weighted by atomic mass is 10.0. The van der Waals surface area contributed by atoms with E-state index in [2.05, 4.69) is 28.1 Å². The van der Waals surface area contributed by atoms with Crippen molar-refractivity contribution in [3.8, 4) is 16.9 Å². The molecule has 1 aromatic heterocycles. The van der Waals surface area contributed by atoms with Crippen molar-refractivity contribution in [2.24, 2.45) is 0 Å². The van der Waals surface area contributed by atoms with Crippen LogP contribution in [0.3, 0.4) is 0 Å². The van der Waals surface area contributed by atoms with Gasteiger partial charge in [0.2, 0.25) is 0 Å². The molecule has 4 aromatic rings. The van der Waals surface area contributed by atoms with Crippen LogP contribution in [0.2, 0.25) is 0 Å². The van der Waals surface area contributed by atoms with Gasteiger partial charge in [-0.05, 0) is 32.3 Å². The van der Waals surface area contributed by atoms with Crippen LogP contribution in [0.4, 0.5) is 5.69 Å². The third kappa shape index (κ3) is 3.54. The quantitative estimate of drug-likeness (QED) is 0.456. The Hall–Kier alpha value is -3.38. The smallest absolute Gasteiger partial charge is 0.324 e. The van der Waals surface area contributed by atoms with Gasteiger partial charge in [-0.15, -0.1) is 0 Å². The number of aromatic amines is 1. The van der Waals surface area contributed by atoms with Crippen LogP contribution in [-0.4, -0.2) is 49.2 Å². The summed E-state index contributed by atoms with van der Waals surface area (Å²) in [4.78, 5) is 23.3. The van der Waals surface area contributed by atoms with Crippen molar-refractivity contribution in [1.29, 1.82) is 0 Å². The van der Waals surface area contributed by atoms with Gasteiger partial charge in [-0.1, -0.05) is 36.4 Å². The second-order valence-corrected chi connectivity index (χ2v) is 7.14. The summed E-state index contributed by atoms with van der Waals surface area (Å²) in [6.45, 7) is 1.31. The van der Waals surface area contributed by atoms with E-state index < -0.39 is 0 Å². The van der Waals surface area contributed by atoms with Gasteiger partial charge in [-0.2, -0.15) is 0 Å². The zero-order chi connectivity index (χ0) is 20.4. The predicted molar refractivity (Wildman–Crippen MR) is 116 cm³/mol. The second-order valence-electron chi connectivity index (χ2n) is 7.14. The number of nitrogens with zero attached hydrogens (tertiary/aromatic N) is 2. The van der Waals surface area contributed by atoms with Crippen LogP contribution < -0.4 is 4.74 Å². The Morgan fingerprint density at radius 3 is 2.48 bits per heavy atom. The molecule has 0 radical (unpaired) electrons. The highest BCUT2D eigenvalue weighted by atomic mass is 16.8. The molecule has 6 heteroatoms. The fraction of sp³-hybridized carbons (Fsp3) is 0.217. The average Bonchev–Trinajstić information content (AvgIpc) is 3.12. The van der Waals surface area contributed by atoms with E-state index in [0.717, 1.165) is 45.2 Å². The number of ether oxygens (including phenoxy) is 1. The number of hydrogen-bond donors (Lipinski definition) is 1. The lowest BCUT2D eigenvalue weighted by Crippen LogP contribution is -2.19. The van der Waals surface area contributed by atoms with Crippen molar-refractivity contribution in [2.75, 3.05) is 34.4 Å². The van der Waals surface area contributed by atoms with Crippen molar-refractivity contribution in [2.45, 2.75) is 0 Å². The van der Waals surface area contributed by atoms with Crippen molar-refractivity contribution in [3.05, 3.63) is 65.6 Å². The maximum absolute atomic E-state index is 12.3. The number of H-pyrrole nitrogens is 1. The number of fused-ring (bicyclic) bond motifs is 3. The molecule has 0 amide bonds. The van der Waals surface area contributed by atoms with Gasteiger partial charge >= 0.3 is 5.69 Å². The largest absolute Gasteiger partial charge is 0.489 e. The van der Waals surface area contributed by atoms with Crippen LogP contribution >= 0.6 is 0 Å². The molecule has 148 valence electrons. The van der Waals surface area contributed by atoms with Crippen molar-refractivity contribution < 1.29 is 14.5 Å². The molecule has 4 rings (SSSR count). The summed E-state index contributed by atoms with van der Waals surface area (Å²) < 4.78 is 6.28. The Morgan fingerprint density at radius 1 is 0.931 bits per heavy atom. The Bertz CT molecular complexity index is 1180. The van der Waals surface area contributed by atoms with E-state index in [1.165, 1.54) is 7.11 Å². The van der Waals surface area contributed by atoms with Crippen LogP contribution in [-0.2, 0) is 4.84 Å². The van der Waals surface area contributed by atoms with Gasteiger partial charge in [0.1, 0.15) is 6.61 Å². The minimum atomic E-state index is 0.433. The monoisotopic (exact) mass is 390 g/mol. The molecule has 0 spiro atoms. The number of benzene rings is 3. The van der Waals surface area contributed by atoms with Gasteiger partial charge in [-0.3, -0.25) is 0 Å². The minimum absolute atomic E-state index is 0.433. The molecule has 0 unspecified atom stereocenters. The molecule has 1 N–H and O–H groups in total. The maximum atomic E-state index is 12.3. The number of hydrogen-bond acceptors (Lipinski definition) is 4. The van der Waals surface area contributed by atoms with Crippen molar-refractivity contribution >= 4 is 27.5 Å². The summed E-state index contributed by atoms with van der Waals surface area (Å²) >= 11 is 0. The number of para-hydroxylation sites is 2. The van der Waals surface area contributed by atoms with E-state index in [1.807, 2.05) is 50.5 Å². The summed E-state index contributed by atoms with van der Waals surface area (Å²) in [5, 5.41) is 2.23. The highest BCUT2D eigenvalue weighted by Gasteiger charge is 2.25.